The van der Waals surface area contributed by atoms with Crippen LogP contribution in [0.4, 0.5) is 0 Å². The SMILES string of the molecule is Cc1ccc(/C=C/C(=O)N2CCC[C@@H](c3n[nH]c(=S)n3C)C2)o1. The number of aromatic nitrogens is 3. The Hall–Kier alpha value is -2.15. The van der Waals surface area contributed by atoms with E-state index in [-0.39, 0.29) is 11.8 Å². The molecule has 0 bridgehead atoms. The predicted molar refractivity (Wildman–Crippen MR) is 89.4 cm³/mol. The minimum absolute atomic E-state index is 0.000499. The van der Waals surface area contributed by atoms with Crippen molar-refractivity contribution < 1.29 is 9.21 Å². The highest BCUT2D eigenvalue weighted by Crippen LogP contribution is 2.25. The highest BCUT2D eigenvalue weighted by atomic mass is 32.1. The van der Waals surface area contributed by atoms with Gasteiger partial charge in [0.15, 0.2) is 4.77 Å². The van der Waals surface area contributed by atoms with E-state index < -0.39 is 0 Å². The third-order valence-electron chi connectivity index (χ3n) is 4.16. The van der Waals surface area contributed by atoms with Crippen LogP contribution in [0.25, 0.3) is 6.08 Å². The maximum atomic E-state index is 12.4. The molecule has 3 rings (SSSR count). The number of carbonyl (C=O) groups is 1. The van der Waals surface area contributed by atoms with Crippen LogP contribution in [-0.2, 0) is 11.8 Å². The average molecular weight is 332 g/mol. The molecule has 0 aromatic carbocycles. The summed E-state index contributed by atoms with van der Waals surface area (Å²) < 4.78 is 7.94. The topological polar surface area (TPSA) is 67.1 Å². The summed E-state index contributed by atoms with van der Waals surface area (Å²) in [6, 6.07) is 3.73. The summed E-state index contributed by atoms with van der Waals surface area (Å²) in [7, 11) is 1.90. The Bertz CT molecular complexity index is 786. The Morgan fingerprint density at radius 2 is 2.35 bits per heavy atom. The van der Waals surface area contributed by atoms with E-state index in [1.165, 1.54) is 0 Å². The van der Waals surface area contributed by atoms with Gasteiger partial charge in [-0.1, -0.05) is 0 Å². The maximum Gasteiger partial charge on any atom is 0.246 e. The van der Waals surface area contributed by atoms with Gasteiger partial charge in [0.2, 0.25) is 5.91 Å². The van der Waals surface area contributed by atoms with Crippen molar-refractivity contribution in [1.82, 2.24) is 19.7 Å². The maximum absolute atomic E-state index is 12.4. The van der Waals surface area contributed by atoms with Crippen LogP contribution < -0.4 is 0 Å². The van der Waals surface area contributed by atoms with E-state index in [0.717, 1.165) is 31.0 Å². The number of hydrogen-bond acceptors (Lipinski definition) is 4. The predicted octanol–water partition coefficient (Wildman–Crippen LogP) is 2.80. The summed E-state index contributed by atoms with van der Waals surface area (Å²) in [5, 5.41) is 7.12. The van der Waals surface area contributed by atoms with Crippen LogP contribution in [0.15, 0.2) is 22.6 Å². The molecule has 0 radical (unpaired) electrons. The summed E-state index contributed by atoms with van der Waals surface area (Å²) in [6.45, 7) is 3.31. The molecule has 3 heterocycles. The van der Waals surface area contributed by atoms with Crippen molar-refractivity contribution in [2.24, 2.45) is 7.05 Å². The van der Waals surface area contributed by atoms with Gasteiger partial charge in [0.25, 0.3) is 0 Å². The molecule has 6 nitrogen and oxygen atoms in total. The molecule has 1 aliphatic heterocycles. The van der Waals surface area contributed by atoms with E-state index in [9.17, 15) is 4.79 Å². The molecule has 2 aromatic heterocycles. The fraction of sp³-hybridized carbons (Fsp3) is 0.438. The van der Waals surface area contributed by atoms with Crippen LogP contribution in [0.2, 0.25) is 0 Å². The molecular weight excluding hydrogens is 312 g/mol. The third kappa shape index (κ3) is 3.44. The number of nitrogens with one attached hydrogen (secondary N) is 1. The first-order valence-electron chi connectivity index (χ1n) is 7.69. The number of hydrogen-bond donors (Lipinski definition) is 1. The van der Waals surface area contributed by atoms with Gasteiger partial charge in [-0.3, -0.25) is 9.89 Å². The normalized spacial score (nSPS) is 18.7. The molecule has 23 heavy (non-hydrogen) atoms. The van der Waals surface area contributed by atoms with Crippen molar-refractivity contribution in [3.05, 3.63) is 40.3 Å². The first-order valence-corrected chi connectivity index (χ1v) is 8.10. The summed E-state index contributed by atoms with van der Waals surface area (Å²) in [5.74, 6) is 2.66. The van der Waals surface area contributed by atoms with Gasteiger partial charge in [0.05, 0.1) is 0 Å². The largest absolute Gasteiger partial charge is 0.462 e. The van der Waals surface area contributed by atoms with Gasteiger partial charge in [0, 0.05) is 32.1 Å². The number of carbonyl (C=O) groups excluding carboxylic acids is 1. The van der Waals surface area contributed by atoms with Crippen molar-refractivity contribution in [3.63, 3.8) is 0 Å². The molecular formula is C16H20N4O2S. The van der Waals surface area contributed by atoms with E-state index in [1.807, 2.05) is 35.6 Å². The molecule has 1 amide bonds. The summed E-state index contributed by atoms with van der Waals surface area (Å²) in [4.78, 5) is 14.2. The monoisotopic (exact) mass is 332 g/mol. The molecule has 0 aliphatic carbocycles. The molecule has 1 N–H and O–H groups in total. The van der Waals surface area contributed by atoms with Gasteiger partial charge in [0.1, 0.15) is 17.3 Å². The molecule has 1 saturated heterocycles. The number of H-pyrrole nitrogens is 1. The lowest BCUT2D eigenvalue weighted by Crippen LogP contribution is -2.38. The van der Waals surface area contributed by atoms with Crippen molar-refractivity contribution in [1.29, 1.82) is 0 Å². The lowest BCUT2D eigenvalue weighted by atomic mass is 9.97. The van der Waals surface area contributed by atoms with Crippen LogP contribution in [0.5, 0.6) is 0 Å². The highest BCUT2D eigenvalue weighted by molar-refractivity contribution is 7.71. The average Bonchev–Trinajstić information content (AvgIpc) is 3.12. The zero-order chi connectivity index (χ0) is 16.4. The minimum Gasteiger partial charge on any atom is -0.462 e. The van der Waals surface area contributed by atoms with E-state index in [2.05, 4.69) is 10.2 Å². The number of nitrogens with zero attached hydrogens (tertiary/aromatic N) is 3. The number of aromatic amines is 1. The lowest BCUT2D eigenvalue weighted by Gasteiger charge is -2.31. The summed E-state index contributed by atoms with van der Waals surface area (Å²) in [6.07, 6.45) is 5.26. The molecule has 1 aliphatic rings. The van der Waals surface area contributed by atoms with Crippen LogP contribution >= 0.6 is 12.2 Å². The summed E-state index contributed by atoms with van der Waals surface area (Å²) in [5.41, 5.74) is 0. The van der Waals surface area contributed by atoms with Crippen molar-refractivity contribution in [2.45, 2.75) is 25.7 Å². The van der Waals surface area contributed by atoms with Crippen molar-refractivity contribution >= 4 is 24.2 Å². The van der Waals surface area contributed by atoms with Crippen LogP contribution in [0, 0.1) is 11.7 Å². The Morgan fingerprint density at radius 1 is 1.52 bits per heavy atom. The van der Waals surface area contributed by atoms with Crippen LogP contribution in [0.3, 0.4) is 0 Å². The summed E-state index contributed by atoms with van der Waals surface area (Å²) >= 11 is 5.16. The quantitative estimate of drug-likeness (QED) is 0.693. The van der Waals surface area contributed by atoms with E-state index in [0.29, 0.717) is 17.1 Å². The fourth-order valence-electron chi connectivity index (χ4n) is 2.91. The van der Waals surface area contributed by atoms with Crippen molar-refractivity contribution in [2.75, 3.05) is 13.1 Å². The van der Waals surface area contributed by atoms with E-state index in [1.54, 1.807) is 12.2 Å². The molecule has 1 atom stereocenters. The first-order chi connectivity index (χ1) is 11.0. The molecule has 122 valence electrons. The van der Waals surface area contributed by atoms with Gasteiger partial charge in [-0.15, -0.1) is 0 Å². The second kappa shape index (κ2) is 6.54. The number of piperidine rings is 1. The molecule has 7 heteroatoms. The smallest absolute Gasteiger partial charge is 0.246 e. The zero-order valence-corrected chi connectivity index (χ0v) is 14.1. The molecule has 0 unspecified atom stereocenters. The standard InChI is InChI=1S/C16H20N4O2S/c1-11-5-6-13(22-11)7-8-14(21)20-9-3-4-12(10-20)15-17-18-16(23)19(15)2/h5-8,12H,3-4,9-10H2,1-2H3,(H,18,23)/b8-7+/t12-/m1/s1. The Labute approximate surface area is 139 Å². The van der Waals surface area contributed by atoms with E-state index in [4.69, 9.17) is 16.6 Å². The van der Waals surface area contributed by atoms with Gasteiger partial charge in [-0.05, 0) is 50.2 Å². The lowest BCUT2D eigenvalue weighted by molar-refractivity contribution is -0.127. The van der Waals surface area contributed by atoms with Crippen LogP contribution in [-0.4, -0.2) is 38.7 Å². The van der Waals surface area contributed by atoms with Gasteiger partial charge in [-0.25, -0.2) is 0 Å². The number of rotatable bonds is 3. The first kappa shape index (κ1) is 15.7. The number of amides is 1. The number of furan rings is 1. The van der Waals surface area contributed by atoms with Gasteiger partial charge in [-0.2, -0.15) is 5.10 Å². The van der Waals surface area contributed by atoms with Crippen LogP contribution in [0.1, 0.15) is 36.1 Å². The Balaban J connectivity index is 1.68. The minimum atomic E-state index is 0.000499. The van der Waals surface area contributed by atoms with Gasteiger partial charge >= 0.3 is 0 Å². The molecule has 0 saturated carbocycles. The molecule has 2 aromatic rings. The molecule has 0 spiro atoms. The Morgan fingerprint density at radius 3 is 3.00 bits per heavy atom. The van der Waals surface area contributed by atoms with Crippen molar-refractivity contribution in [3.8, 4) is 0 Å². The number of likely N-dealkylation sites (tertiary alicyclic amines) is 1. The second-order valence-electron chi connectivity index (χ2n) is 5.85. The second-order valence-corrected chi connectivity index (χ2v) is 6.24. The molecule has 1 fully saturated rings. The third-order valence-corrected chi connectivity index (χ3v) is 4.53. The zero-order valence-electron chi connectivity index (χ0n) is 13.3. The van der Waals surface area contributed by atoms with E-state index >= 15 is 0 Å². The Kier molecular flexibility index (Phi) is 4.47. The fourth-order valence-corrected chi connectivity index (χ4v) is 3.05. The number of aryl methyl sites for hydroxylation is 1. The van der Waals surface area contributed by atoms with Gasteiger partial charge < -0.3 is 13.9 Å². The highest BCUT2D eigenvalue weighted by Gasteiger charge is 2.26.